The highest BCUT2D eigenvalue weighted by Crippen LogP contribution is 2.36. The van der Waals surface area contributed by atoms with Crippen LogP contribution in [0.3, 0.4) is 0 Å². The highest BCUT2D eigenvalue weighted by molar-refractivity contribution is 7.11. The molecule has 1 atom stereocenters. The van der Waals surface area contributed by atoms with Gasteiger partial charge in [-0.25, -0.2) is 0 Å². The number of nitrogens with zero attached hydrogens (tertiary/aromatic N) is 2. The molecular weight excluding hydrogens is 476 g/mol. The summed E-state index contributed by atoms with van der Waals surface area (Å²) >= 11 is 8.07. The Morgan fingerprint density at radius 3 is 2.66 bits per heavy atom. The number of ether oxygens (including phenoxy) is 1. The summed E-state index contributed by atoms with van der Waals surface area (Å²) in [5.41, 5.74) is 1.90. The maximum Gasteiger partial charge on any atom is 0.223 e. The van der Waals surface area contributed by atoms with Crippen LogP contribution in [0.15, 0.2) is 60.7 Å². The first-order valence-corrected chi connectivity index (χ1v) is 13.5. The predicted molar refractivity (Wildman–Crippen MR) is 145 cm³/mol. The van der Waals surface area contributed by atoms with E-state index in [4.69, 9.17) is 16.3 Å². The molecule has 186 valence electrons. The molecule has 1 saturated heterocycles. The SMILES string of the molecule is Cc1ccc(CN2CCC[C@](COc3ccc(Cl)c(C)c3)(CC(=O)N(C)Cc3ccccc3)C2)s1. The fourth-order valence-corrected chi connectivity index (χ4v) is 5.94. The minimum Gasteiger partial charge on any atom is -0.493 e. The van der Waals surface area contributed by atoms with Gasteiger partial charge in [0.25, 0.3) is 0 Å². The molecule has 0 saturated carbocycles. The summed E-state index contributed by atoms with van der Waals surface area (Å²) in [7, 11) is 1.90. The third-order valence-electron chi connectivity index (χ3n) is 6.80. The Hall–Kier alpha value is -2.34. The molecular formula is C29H35ClN2O2S. The lowest BCUT2D eigenvalue weighted by Gasteiger charge is -2.43. The number of hydrogen-bond acceptors (Lipinski definition) is 4. The molecule has 1 fully saturated rings. The van der Waals surface area contributed by atoms with Gasteiger partial charge in [-0.15, -0.1) is 11.3 Å². The molecule has 1 aromatic heterocycles. The average molecular weight is 511 g/mol. The van der Waals surface area contributed by atoms with Crippen molar-refractivity contribution in [2.24, 2.45) is 5.41 Å². The predicted octanol–water partition coefficient (Wildman–Crippen LogP) is 6.73. The molecule has 0 aliphatic carbocycles. The Balaban J connectivity index is 1.49. The van der Waals surface area contributed by atoms with Crippen molar-refractivity contribution in [2.75, 3.05) is 26.7 Å². The number of thiophene rings is 1. The van der Waals surface area contributed by atoms with Crippen LogP contribution in [0.5, 0.6) is 5.75 Å². The molecule has 0 N–H and O–H groups in total. The van der Waals surface area contributed by atoms with E-state index in [2.05, 4.69) is 36.1 Å². The summed E-state index contributed by atoms with van der Waals surface area (Å²) in [5, 5.41) is 0.736. The Morgan fingerprint density at radius 1 is 1.14 bits per heavy atom. The first kappa shape index (κ1) is 25.7. The van der Waals surface area contributed by atoms with Crippen LogP contribution in [0.2, 0.25) is 5.02 Å². The van der Waals surface area contributed by atoms with Gasteiger partial charge in [-0.3, -0.25) is 9.69 Å². The van der Waals surface area contributed by atoms with Crippen LogP contribution in [-0.4, -0.2) is 42.5 Å². The summed E-state index contributed by atoms with van der Waals surface area (Å²) in [6.07, 6.45) is 2.51. The standard InChI is InChI=1S/C29H35ClN2O2S/c1-22-16-25(11-13-27(22)30)34-21-29(17-28(33)31(3)18-24-8-5-4-6-9-24)14-7-15-32(20-29)19-26-12-10-23(2)35-26/h4-6,8-13,16H,7,14-15,17-21H2,1-3H3/t29-/m0/s1. The maximum atomic E-state index is 13.4. The summed E-state index contributed by atoms with van der Waals surface area (Å²) < 4.78 is 6.33. The third-order valence-corrected chi connectivity index (χ3v) is 8.21. The lowest BCUT2D eigenvalue weighted by atomic mass is 9.77. The molecule has 4 rings (SSSR count). The molecule has 2 aromatic carbocycles. The van der Waals surface area contributed by atoms with Crippen molar-refractivity contribution < 1.29 is 9.53 Å². The van der Waals surface area contributed by atoms with E-state index in [0.717, 1.165) is 54.4 Å². The van der Waals surface area contributed by atoms with Crippen LogP contribution in [0.4, 0.5) is 0 Å². The quantitative estimate of drug-likeness (QED) is 0.320. The van der Waals surface area contributed by atoms with Gasteiger partial charge in [0.15, 0.2) is 0 Å². The zero-order valence-corrected chi connectivity index (χ0v) is 22.5. The molecule has 1 amide bonds. The molecule has 0 unspecified atom stereocenters. The molecule has 1 aliphatic rings. The first-order valence-electron chi connectivity index (χ1n) is 12.3. The van der Waals surface area contributed by atoms with Gasteiger partial charge in [0.2, 0.25) is 5.91 Å². The number of amides is 1. The molecule has 0 spiro atoms. The van der Waals surface area contributed by atoms with Crippen molar-refractivity contribution in [3.63, 3.8) is 0 Å². The molecule has 3 aromatic rings. The highest BCUT2D eigenvalue weighted by atomic mass is 35.5. The number of carbonyl (C=O) groups excluding carboxylic acids is 1. The van der Waals surface area contributed by atoms with Gasteiger partial charge in [-0.2, -0.15) is 0 Å². The van der Waals surface area contributed by atoms with E-state index in [0.29, 0.717) is 19.6 Å². The molecule has 35 heavy (non-hydrogen) atoms. The van der Waals surface area contributed by atoms with Crippen molar-refractivity contribution >= 4 is 28.8 Å². The van der Waals surface area contributed by atoms with E-state index in [-0.39, 0.29) is 11.3 Å². The summed E-state index contributed by atoms with van der Waals surface area (Å²) in [6, 6.07) is 20.4. The Labute approximate surface area is 218 Å². The van der Waals surface area contributed by atoms with Gasteiger partial charge in [-0.1, -0.05) is 41.9 Å². The monoisotopic (exact) mass is 510 g/mol. The van der Waals surface area contributed by atoms with Gasteiger partial charge >= 0.3 is 0 Å². The Morgan fingerprint density at radius 2 is 1.94 bits per heavy atom. The third kappa shape index (κ3) is 7.09. The fourth-order valence-electron chi connectivity index (χ4n) is 4.89. The second-order valence-corrected chi connectivity index (χ2v) is 11.7. The van der Waals surface area contributed by atoms with Gasteiger partial charge in [-0.05, 0) is 74.7 Å². The van der Waals surface area contributed by atoms with E-state index in [9.17, 15) is 4.79 Å². The number of likely N-dealkylation sites (tertiary alicyclic amines) is 1. The van der Waals surface area contributed by atoms with Crippen LogP contribution in [0.1, 0.15) is 40.1 Å². The minimum absolute atomic E-state index is 0.165. The van der Waals surface area contributed by atoms with Crippen molar-refractivity contribution in [1.29, 1.82) is 0 Å². The maximum absolute atomic E-state index is 13.4. The van der Waals surface area contributed by atoms with E-state index >= 15 is 0 Å². The lowest BCUT2D eigenvalue weighted by molar-refractivity contribution is -0.135. The second kappa shape index (κ2) is 11.6. The van der Waals surface area contributed by atoms with Gasteiger partial charge in [0.1, 0.15) is 5.75 Å². The average Bonchev–Trinajstić information content (AvgIpc) is 3.25. The number of piperidine rings is 1. The normalized spacial score (nSPS) is 18.4. The van der Waals surface area contributed by atoms with Crippen LogP contribution >= 0.6 is 22.9 Å². The Kier molecular flexibility index (Phi) is 8.53. The number of carbonyl (C=O) groups is 1. The van der Waals surface area contributed by atoms with Crippen molar-refractivity contribution in [2.45, 2.75) is 46.2 Å². The Bertz CT molecular complexity index is 1130. The zero-order chi connectivity index (χ0) is 24.8. The van der Waals surface area contributed by atoms with Crippen molar-refractivity contribution in [1.82, 2.24) is 9.80 Å². The van der Waals surface area contributed by atoms with Crippen molar-refractivity contribution in [3.8, 4) is 5.75 Å². The lowest BCUT2D eigenvalue weighted by Crippen LogP contribution is -2.48. The van der Waals surface area contributed by atoms with Crippen LogP contribution < -0.4 is 4.74 Å². The summed E-state index contributed by atoms with van der Waals surface area (Å²) in [5.74, 6) is 0.973. The van der Waals surface area contributed by atoms with Crippen molar-refractivity contribution in [3.05, 3.63) is 86.6 Å². The highest BCUT2D eigenvalue weighted by Gasteiger charge is 2.39. The molecule has 0 radical (unpaired) electrons. The number of aryl methyl sites for hydroxylation is 2. The zero-order valence-electron chi connectivity index (χ0n) is 20.9. The number of halogens is 1. The van der Waals surface area contributed by atoms with E-state index < -0.39 is 0 Å². The van der Waals surface area contributed by atoms with E-state index in [1.54, 1.807) is 0 Å². The topological polar surface area (TPSA) is 32.8 Å². The van der Waals surface area contributed by atoms with Gasteiger partial charge < -0.3 is 9.64 Å². The molecule has 0 bridgehead atoms. The summed E-state index contributed by atoms with van der Waals surface area (Å²) in [6.45, 7) is 8.09. The summed E-state index contributed by atoms with van der Waals surface area (Å²) in [4.78, 5) is 20.5. The number of benzene rings is 2. The van der Waals surface area contributed by atoms with E-state index in [1.807, 2.05) is 66.6 Å². The number of hydrogen-bond donors (Lipinski definition) is 0. The molecule has 4 nitrogen and oxygen atoms in total. The molecule has 1 aliphatic heterocycles. The van der Waals surface area contributed by atoms with Gasteiger partial charge in [0.05, 0.1) is 6.61 Å². The second-order valence-electron chi connectivity index (χ2n) is 9.94. The smallest absolute Gasteiger partial charge is 0.223 e. The fraction of sp³-hybridized carbons (Fsp3) is 0.414. The van der Waals surface area contributed by atoms with E-state index in [1.165, 1.54) is 9.75 Å². The largest absolute Gasteiger partial charge is 0.493 e. The van der Waals surface area contributed by atoms with Crippen LogP contribution in [0.25, 0.3) is 0 Å². The van der Waals surface area contributed by atoms with Crippen LogP contribution in [0, 0.1) is 19.3 Å². The molecule has 6 heteroatoms. The molecule has 2 heterocycles. The van der Waals surface area contributed by atoms with Gasteiger partial charge in [0, 0.05) is 53.3 Å². The van der Waals surface area contributed by atoms with Crippen LogP contribution in [-0.2, 0) is 17.9 Å². The minimum atomic E-state index is -0.236. The number of rotatable bonds is 9. The first-order chi connectivity index (χ1) is 16.8.